The van der Waals surface area contributed by atoms with E-state index >= 15 is 0 Å². The van der Waals surface area contributed by atoms with Crippen molar-refractivity contribution < 1.29 is 9.90 Å². The first-order valence-electron chi connectivity index (χ1n) is 6.10. The summed E-state index contributed by atoms with van der Waals surface area (Å²) in [5, 5.41) is 12.4. The zero-order valence-electron chi connectivity index (χ0n) is 10.0. The summed E-state index contributed by atoms with van der Waals surface area (Å²) in [6, 6.07) is 5.08. The van der Waals surface area contributed by atoms with Crippen molar-refractivity contribution in [1.29, 1.82) is 0 Å². The summed E-state index contributed by atoms with van der Waals surface area (Å²) >= 11 is 3.30. The van der Waals surface area contributed by atoms with E-state index in [0.29, 0.717) is 12.1 Å². The molecule has 4 N–H and O–H groups in total. The Morgan fingerprint density at radius 3 is 2.94 bits per heavy atom. The normalized spacial score (nSPS) is 23.0. The second-order valence-electron chi connectivity index (χ2n) is 4.77. The molecule has 1 aromatic rings. The number of phenols is 1. The van der Waals surface area contributed by atoms with Crippen molar-refractivity contribution >= 4 is 27.5 Å². The fourth-order valence-corrected chi connectivity index (χ4v) is 2.73. The molecule has 0 unspecified atom stereocenters. The Morgan fingerprint density at radius 1 is 1.50 bits per heavy atom. The highest BCUT2D eigenvalue weighted by Crippen LogP contribution is 2.29. The Balaban J connectivity index is 1.96. The van der Waals surface area contributed by atoms with Gasteiger partial charge in [0, 0.05) is 16.9 Å². The number of aromatic hydroxyl groups is 1. The number of amides is 1. The smallest absolute Gasteiger partial charge is 0.224 e. The maximum atomic E-state index is 11.9. The standard InChI is InChI=1S/C13H17BrN2O2/c14-9-4-5-12(17)11(7-9)16-13(18)6-8-2-1-3-10(8)15/h4-5,7-8,10,17H,1-3,6,15H2,(H,16,18)/t8-,10+/m0/s1. The van der Waals surface area contributed by atoms with Gasteiger partial charge in [-0.2, -0.15) is 0 Å². The average Bonchev–Trinajstić information content (AvgIpc) is 2.70. The van der Waals surface area contributed by atoms with Crippen molar-refractivity contribution in [3.8, 4) is 5.75 Å². The van der Waals surface area contributed by atoms with Crippen molar-refractivity contribution in [2.24, 2.45) is 11.7 Å². The first kappa shape index (κ1) is 13.4. The van der Waals surface area contributed by atoms with Gasteiger partial charge in [-0.05, 0) is 37.0 Å². The minimum absolute atomic E-state index is 0.0715. The van der Waals surface area contributed by atoms with E-state index in [2.05, 4.69) is 21.2 Å². The fraction of sp³-hybridized carbons (Fsp3) is 0.462. The highest BCUT2D eigenvalue weighted by atomic mass is 79.9. The molecule has 18 heavy (non-hydrogen) atoms. The maximum absolute atomic E-state index is 11.9. The third-order valence-corrected chi connectivity index (χ3v) is 3.89. The van der Waals surface area contributed by atoms with E-state index < -0.39 is 0 Å². The molecule has 1 aliphatic rings. The number of benzene rings is 1. The lowest BCUT2D eigenvalue weighted by Crippen LogP contribution is -2.28. The molecule has 0 aliphatic heterocycles. The number of nitrogens with two attached hydrogens (primary N) is 1. The fourth-order valence-electron chi connectivity index (χ4n) is 2.37. The minimum atomic E-state index is -0.0919. The topological polar surface area (TPSA) is 75.4 Å². The molecule has 1 aromatic carbocycles. The molecule has 2 atom stereocenters. The summed E-state index contributed by atoms with van der Waals surface area (Å²) in [4.78, 5) is 11.9. The number of hydrogen-bond acceptors (Lipinski definition) is 3. The Kier molecular flexibility index (Phi) is 4.24. The quantitative estimate of drug-likeness (QED) is 0.751. The van der Waals surface area contributed by atoms with Gasteiger partial charge in [0.05, 0.1) is 5.69 Å². The number of carbonyl (C=O) groups is 1. The van der Waals surface area contributed by atoms with Gasteiger partial charge in [0.2, 0.25) is 5.91 Å². The zero-order valence-corrected chi connectivity index (χ0v) is 11.6. The van der Waals surface area contributed by atoms with Crippen LogP contribution < -0.4 is 11.1 Å². The summed E-state index contributed by atoms with van der Waals surface area (Å²) in [7, 11) is 0. The van der Waals surface area contributed by atoms with Crippen LogP contribution in [0.2, 0.25) is 0 Å². The molecule has 2 rings (SSSR count). The third-order valence-electron chi connectivity index (χ3n) is 3.40. The lowest BCUT2D eigenvalue weighted by atomic mass is 10.00. The van der Waals surface area contributed by atoms with Crippen LogP contribution in [0.1, 0.15) is 25.7 Å². The minimum Gasteiger partial charge on any atom is -0.506 e. The number of nitrogens with one attached hydrogen (secondary N) is 1. The first-order chi connectivity index (χ1) is 8.56. The van der Waals surface area contributed by atoms with Gasteiger partial charge in [-0.25, -0.2) is 0 Å². The number of phenolic OH excluding ortho intramolecular Hbond substituents is 1. The van der Waals surface area contributed by atoms with Gasteiger partial charge in [0.25, 0.3) is 0 Å². The van der Waals surface area contributed by atoms with Crippen molar-refractivity contribution in [3.05, 3.63) is 22.7 Å². The van der Waals surface area contributed by atoms with Crippen LogP contribution in [0, 0.1) is 5.92 Å². The monoisotopic (exact) mass is 312 g/mol. The van der Waals surface area contributed by atoms with Crippen LogP contribution in [0.25, 0.3) is 0 Å². The average molecular weight is 313 g/mol. The van der Waals surface area contributed by atoms with E-state index in [9.17, 15) is 9.90 Å². The molecule has 1 fully saturated rings. The van der Waals surface area contributed by atoms with Crippen LogP contribution in [0.3, 0.4) is 0 Å². The van der Waals surface area contributed by atoms with Gasteiger partial charge in [-0.15, -0.1) is 0 Å². The lowest BCUT2D eigenvalue weighted by molar-refractivity contribution is -0.117. The highest BCUT2D eigenvalue weighted by Gasteiger charge is 2.26. The zero-order chi connectivity index (χ0) is 13.1. The van der Waals surface area contributed by atoms with Crippen LogP contribution in [0.15, 0.2) is 22.7 Å². The highest BCUT2D eigenvalue weighted by molar-refractivity contribution is 9.10. The molecule has 0 radical (unpaired) electrons. The Hall–Kier alpha value is -1.07. The van der Waals surface area contributed by atoms with Gasteiger partial charge >= 0.3 is 0 Å². The Labute approximate surface area is 115 Å². The predicted molar refractivity (Wildman–Crippen MR) is 74.4 cm³/mol. The maximum Gasteiger partial charge on any atom is 0.224 e. The van der Waals surface area contributed by atoms with Crippen molar-refractivity contribution in [3.63, 3.8) is 0 Å². The SMILES string of the molecule is N[C@@H]1CCC[C@H]1CC(=O)Nc1cc(Br)ccc1O. The van der Waals surface area contributed by atoms with Crippen molar-refractivity contribution in [1.82, 2.24) is 0 Å². The van der Waals surface area contributed by atoms with Gasteiger partial charge in [-0.3, -0.25) is 4.79 Å². The summed E-state index contributed by atoms with van der Waals surface area (Å²) in [5.74, 6) is 0.243. The number of anilines is 1. The number of carbonyl (C=O) groups excluding carboxylic acids is 1. The lowest BCUT2D eigenvalue weighted by Gasteiger charge is -2.15. The van der Waals surface area contributed by atoms with Gasteiger partial charge < -0.3 is 16.2 Å². The second-order valence-corrected chi connectivity index (χ2v) is 5.68. The van der Waals surface area contributed by atoms with Crippen LogP contribution in [0.5, 0.6) is 5.75 Å². The molecule has 0 heterocycles. The largest absolute Gasteiger partial charge is 0.506 e. The summed E-state index contributed by atoms with van der Waals surface area (Å²) in [5.41, 5.74) is 6.37. The molecule has 1 saturated carbocycles. The molecule has 0 saturated heterocycles. The van der Waals surface area contributed by atoms with Crippen molar-refractivity contribution in [2.75, 3.05) is 5.32 Å². The van der Waals surface area contributed by atoms with E-state index in [0.717, 1.165) is 23.7 Å². The van der Waals surface area contributed by atoms with E-state index in [1.807, 2.05) is 0 Å². The summed E-state index contributed by atoms with van der Waals surface area (Å²) in [6.07, 6.45) is 3.54. The number of rotatable bonds is 3. The van der Waals surface area contributed by atoms with E-state index in [1.165, 1.54) is 0 Å². The number of halogens is 1. The van der Waals surface area contributed by atoms with Gasteiger partial charge in [-0.1, -0.05) is 22.4 Å². The van der Waals surface area contributed by atoms with Crippen LogP contribution in [-0.2, 0) is 4.79 Å². The third kappa shape index (κ3) is 3.23. The molecular formula is C13H17BrN2O2. The van der Waals surface area contributed by atoms with E-state index in [1.54, 1.807) is 18.2 Å². The van der Waals surface area contributed by atoms with Gasteiger partial charge in [0.15, 0.2) is 0 Å². The molecular weight excluding hydrogens is 296 g/mol. The van der Waals surface area contributed by atoms with Crippen LogP contribution in [0.4, 0.5) is 5.69 Å². The molecule has 0 bridgehead atoms. The second kappa shape index (κ2) is 5.71. The van der Waals surface area contributed by atoms with Crippen LogP contribution >= 0.6 is 15.9 Å². The molecule has 5 heteroatoms. The molecule has 0 spiro atoms. The molecule has 1 aliphatic carbocycles. The molecule has 4 nitrogen and oxygen atoms in total. The number of hydrogen-bond donors (Lipinski definition) is 3. The molecule has 98 valence electrons. The Bertz CT molecular complexity index is 451. The molecule has 0 aromatic heterocycles. The predicted octanol–water partition coefficient (Wildman–Crippen LogP) is 2.61. The van der Waals surface area contributed by atoms with Crippen molar-refractivity contribution in [2.45, 2.75) is 31.7 Å². The van der Waals surface area contributed by atoms with Crippen LogP contribution in [-0.4, -0.2) is 17.1 Å². The Morgan fingerprint density at radius 2 is 2.28 bits per heavy atom. The van der Waals surface area contributed by atoms with E-state index in [4.69, 9.17) is 5.73 Å². The van der Waals surface area contributed by atoms with Gasteiger partial charge in [0.1, 0.15) is 5.75 Å². The summed E-state index contributed by atoms with van der Waals surface area (Å²) < 4.78 is 0.813. The summed E-state index contributed by atoms with van der Waals surface area (Å²) in [6.45, 7) is 0. The first-order valence-corrected chi connectivity index (χ1v) is 6.89. The molecule has 1 amide bonds. The van der Waals surface area contributed by atoms with E-state index in [-0.39, 0.29) is 23.6 Å².